The van der Waals surface area contributed by atoms with Crippen molar-refractivity contribution >= 4 is 5.84 Å². The van der Waals surface area contributed by atoms with Gasteiger partial charge in [0.05, 0.1) is 13.2 Å². The van der Waals surface area contributed by atoms with E-state index >= 15 is 0 Å². The maximum absolute atomic E-state index is 7.46. The maximum atomic E-state index is 7.46. The summed E-state index contributed by atoms with van der Waals surface area (Å²) in [6.45, 7) is 4.77. The van der Waals surface area contributed by atoms with Gasteiger partial charge in [-0.3, -0.25) is 5.41 Å². The topological polar surface area (TPSA) is 77.6 Å². The maximum Gasteiger partial charge on any atom is 0.161 e. The summed E-state index contributed by atoms with van der Waals surface area (Å²) in [4.78, 5) is 0. The highest BCUT2D eigenvalue weighted by atomic mass is 16.5. The highest BCUT2D eigenvalue weighted by molar-refractivity contribution is 5.95. The normalized spacial score (nSPS) is 15.8. The van der Waals surface area contributed by atoms with E-state index in [-0.39, 0.29) is 5.84 Å². The van der Waals surface area contributed by atoms with Crippen LogP contribution in [0.4, 0.5) is 0 Å². The molecule has 2 rings (SSSR count). The van der Waals surface area contributed by atoms with Crippen molar-refractivity contribution in [2.75, 3.05) is 26.4 Å². The molecular weight excluding hydrogens is 256 g/mol. The van der Waals surface area contributed by atoms with Crippen LogP contribution in [0.2, 0.25) is 0 Å². The molecule has 1 aromatic rings. The second kappa shape index (κ2) is 7.14. The number of nitrogen functional groups attached to an aromatic ring is 1. The van der Waals surface area contributed by atoms with Crippen LogP contribution in [0.15, 0.2) is 18.2 Å². The Kier molecular flexibility index (Phi) is 5.24. The molecule has 0 radical (unpaired) electrons. The fourth-order valence-electron chi connectivity index (χ4n) is 2.18. The van der Waals surface area contributed by atoms with Crippen LogP contribution in [0.3, 0.4) is 0 Å². The van der Waals surface area contributed by atoms with E-state index in [1.165, 1.54) is 0 Å². The zero-order valence-corrected chi connectivity index (χ0v) is 11.9. The summed E-state index contributed by atoms with van der Waals surface area (Å²) in [7, 11) is 0. The standard InChI is InChI=1S/C15H22N2O3/c1-2-19-14-9-12(15(16)17)3-4-13(14)20-10-11-5-7-18-8-6-11/h3-4,9,11H,2,5-8,10H2,1H3,(H3,16,17). The molecule has 20 heavy (non-hydrogen) atoms. The Balaban J connectivity index is 2.03. The van der Waals surface area contributed by atoms with Gasteiger partial charge in [-0.1, -0.05) is 0 Å². The first-order valence-electron chi connectivity index (χ1n) is 7.02. The number of ether oxygens (including phenoxy) is 3. The summed E-state index contributed by atoms with van der Waals surface area (Å²) in [5.41, 5.74) is 6.14. The minimum atomic E-state index is 0.0296. The highest BCUT2D eigenvalue weighted by Gasteiger charge is 2.16. The van der Waals surface area contributed by atoms with Crippen LogP contribution >= 0.6 is 0 Å². The summed E-state index contributed by atoms with van der Waals surface area (Å²) >= 11 is 0. The largest absolute Gasteiger partial charge is 0.490 e. The predicted molar refractivity (Wildman–Crippen MR) is 77.7 cm³/mol. The Labute approximate surface area is 119 Å². The second-order valence-electron chi connectivity index (χ2n) is 4.87. The van der Waals surface area contributed by atoms with Crippen LogP contribution in [0.25, 0.3) is 0 Å². The lowest BCUT2D eigenvalue weighted by Crippen LogP contribution is -2.21. The van der Waals surface area contributed by atoms with E-state index in [0.29, 0.717) is 36.2 Å². The van der Waals surface area contributed by atoms with Crippen molar-refractivity contribution in [2.45, 2.75) is 19.8 Å². The first-order valence-corrected chi connectivity index (χ1v) is 7.02. The van der Waals surface area contributed by atoms with Crippen molar-refractivity contribution < 1.29 is 14.2 Å². The van der Waals surface area contributed by atoms with Gasteiger partial charge in [-0.05, 0) is 43.9 Å². The Morgan fingerprint density at radius 2 is 2.05 bits per heavy atom. The van der Waals surface area contributed by atoms with Gasteiger partial charge in [-0.15, -0.1) is 0 Å². The van der Waals surface area contributed by atoms with Gasteiger partial charge in [-0.2, -0.15) is 0 Å². The summed E-state index contributed by atoms with van der Waals surface area (Å²) in [5, 5.41) is 7.46. The lowest BCUT2D eigenvalue weighted by molar-refractivity contribution is 0.0492. The molecule has 0 bridgehead atoms. The van der Waals surface area contributed by atoms with Gasteiger partial charge in [-0.25, -0.2) is 0 Å². The van der Waals surface area contributed by atoms with E-state index in [2.05, 4.69) is 0 Å². The van der Waals surface area contributed by atoms with Gasteiger partial charge in [0.15, 0.2) is 11.5 Å². The first kappa shape index (κ1) is 14.7. The van der Waals surface area contributed by atoms with Crippen molar-refractivity contribution in [3.63, 3.8) is 0 Å². The molecule has 0 amide bonds. The molecule has 1 aliphatic heterocycles. The third-order valence-electron chi connectivity index (χ3n) is 3.37. The van der Waals surface area contributed by atoms with Crippen LogP contribution in [0.5, 0.6) is 11.5 Å². The predicted octanol–water partition coefficient (Wildman–Crippen LogP) is 2.17. The minimum Gasteiger partial charge on any atom is -0.490 e. The van der Waals surface area contributed by atoms with E-state index in [0.717, 1.165) is 26.1 Å². The average molecular weight is 278 g/mol. The molecule has 0 aromatic heterocycles. The SMILES string of the molecule is CCOc1cc(C(=N)N)ccc1OCC1CCOCC1. The van der Waals surface area contributed by atoms with E-state index < -0.39 is 0 Å². The molecule has 1 heterocycles. The number of nitrogens with one attached hydrogen (secondary N) is 1. The molecule has 0 atom stereocenters. The number of benzene rings is 1. The zero-order valence-electron chi connectivity index (χ0n) is 11.9. The average Bonchev–Trinajstić information content (AvgIpc) is 2.47. The minimum absolute atomic E-state index is 0.0296. The third kappa shape index (κ3) is 3.87. The number of nitrogens with two attached hydrogens (primary N) is 1. The van der Waals surface area contributed by atoms with Crippen LogP contribution in [0, 0.1) is 11.3 Å². The number of hydrogen-bond acceptors (Lipinski definition) is 4. The third-order valence-corrected chi connectivity index (χ3v) is 3.37. The molecule has 3 N–H and O–H groups in total. The fourth-order valence-corrected chi connectivity index (χ4v) is 2.18. The van der Waals surface area contributed by atoms with Crippen molar-refractivity contribution in [2.24, 2.45) is 11.7 Å². The monoisotopic (exact) mass is 278 g/mol. The van der Waals surface area contributed by atoms with Crippen LogP contribution in [-0.2, 0) is 4.74 Å². The molecular formula is C15H22N2O3. The highest BCUT2D eigenvalue weighted by Crippen LogP contribution is 2.29. The van der Waals surface area contributed by atoms with E-state index in [1.807, 2.05) is 13.0 Å². The van der Waals surface area contributed by atoms with Crippen molar-refractivity contribution in [3.8, 4) is 11.5 Å². The molecule has 110 valence electrons. The number of rotatable bonds is 6. The van der Waals surface area contributed by atoms with Crippen LogP contribution in [0.1, 0.15) is 25.3 Å². The molecule has 0 unspecified atom stereocenters. The quantitative estimate of drug-likeness (QED) is 0.617. The summed E-state index contributed by atoms with van der Waals surface area (Å²) in [5.74, 6) is 1.92. The molecule has 1 saturated heterocycles. The van der Waals surface area contributed by atoms with Gasteiger partial charge in [0.1, 0.15) is 5.84 Å². The lowest BCUT2D eigenvalue weighted by Gasteiger charge is -2.22. The molecule has 0 aliphatic carbocycles. The van der Waals surface area contributed by atoms with Gasteiger partial charge < -0.3 is 19.9 Å². The van der Waals surface area contributed by atoms with Crippen LogP contribution in [-0.4, -0.2) is 32.3 Å². The number of amidine groups is 1. The van der Waals surface area contributed by atoms with Crippen molar-refractivity contribution in [3.05, 3.63) is 23.8 Å². The molecule has 1 aliphatic rings. The van der Waals surface area contributed by atoms with E-state index in [1.54, 1.807) is 12.1 Å². The Hall–Kier alpha value is -1.75. The summed E-state index contributed by atoms with van der Waals surface area (Å²) in [6.07, 6.45) is 2.07. The molecule has 0 spiro atoms. The molecule has 1 fully saturated rings. The summed E-state index contributed by atoms with van der Waals surface area (Å²) < 4.78 is 16.8. The van der Waals surface area contributed by atoms with Gasteiger partial charge in [0.2, 0.25) is 0 Å². The van der Waals surface area contributed by atoms with Crippen molar-refractivity contribution in [1.29, 1.82) is 5.41 Å². The van der Waals surface area contributed by atoms with Crippen LogP contribution < -0.4 is 15.2 Å². The van der Waals surface area contributed by atoms with Crippen molar-refractivity contribution in [1.82, 2.24) is 0 Å². The molecule has 1 aromatic carbocycles. The summed E-state index contributed by atoms with van der Waals surface area (Å²) in [6, 6.07) is 5.36. The molecule has 5 heteroatoms. The Morgan fingerprint density at radius 3 is 2.70 bits per heavy atom. The smallest absolute Gasteiger partial charge is 0.161 e. The Bertz CT molecular complexity index is 456. The zero-order chi connectivity index (χ0) is 14.4. The van der Waals surface area contributed by atoms with Gasteiger partial charge in [0.25, 0.3) is 0 Å². The Morgan fingerprint density at radius 1 is 1.30 bits per heavy atom. The second-order valence-corrected chi connectivity index (χ2v) is 4.87. The van der Waals surface area contributed by atoms with E-state index in [9.17, 15) is 0 Å². The fraction of sp³-hybridized carbons (Fsp3) is 0.533. The number of hydrogen-bond donors (Lipinski definition) is 2. The first-order chi connectivity index (χ1) is 9.70. The lowest BCUT2D eigenvalue weighted by atomic mass is 10.0. The van der Waals surface area contributed by atoms with Gasteiger partial charge >= 0.3 is 0 Å². The molecule has 5 nitrogen and oxygen atoms in total. The van der Waals surface area contributed by atoms with E-state index in [4.69, 9.17) is 25.4 Å². The van der Waals surface area contributed by atoms with Gasteiger partial charge in [0, 0.05) is 18.8 Å². The molecule has 0 saturated carbocycles.